The number of hydrogen-bond acceptors (Lipinski definition) is 8. The van der Waals surface area contributed by atoms with Crippen LogP contribution in [0.15, 0.2) is 12.2 Å². The summed E-state index contributed by atoms with van der Waals surface area (Å²) in [4.78, 5) is 22.3. The molecule has 0 aliphatic carbocycles. The number of phosphoric ester groups is 1. The van der Waals surface area contributed by atoms with E-state index in [9.17, 15) is 19.4 Å². The number of allylic oxidation sites excluding steroid dienone is 2. The summed E-state index contributed by atoms with van der Waals surface area (Å²) >= 11 is 0. The summed E-state index contributed by atoms with van der Waals surface area (Å²) in [5.41, 5.74) is 0. The number of rotatable bonds is 32. The second-order valence-corrected chi connectivity index (χ2v) is 12.6. The van der Waals surface area contributed by atoms with E-state index >= 15 is 0 Å². The molecule has 10 heteroatoms. The molecule has 250 valence electrons. The van der Waals surface area contributed by atoms with Gasteiger partial charge in [0.25, 0.3) is 0 Å². The van der Waals surface area contributed by atoms with Gasteiger partial charge in [-0.2, -0.15) is 0 Å². The summed E-state index contributed by atoms with van der Waals surface area (Å²) in [6.45, 7) is 3.45. The predicted octanol–water partition coefficient (Wildman–Crippen LogP) is 7.80. The van der Waals surface area contributed by atoms with Crippen LogP contribution in [0.2, 0.25) is 0 Å². The highest BCUT2D eigenvalue weighted by atomic mass is 31.2. The Kier molecular flexibility index (Phi) is 29.7. The monoisotopic (exact) mass is 622 g/mol. The van der Waals surface area contributed by atoms with Crippen molar-refractivity contribution in [1.82, 2.24) is 0 Å². The molecule has 0 saturated heterocycles. The fraction of sp³-hybridized carbons (Fsp3) is 0.906. The summed E-state index contributed by atoms with van der Waals surface area (Å²) in [5, 5.41) is 18.2. The van der Waals surface area contributed by atoms with E-state index in [4.69, 9.17) is 19.1 Å². The van der Waals surface area contributed by atoms with Crippen LogP contribution in [0.5, 0.6) is 0 Å². The van der Waals surface area contributed by atoms with Crippen LogP contribution >= 0.6 is 7.82 Å². The van der Waals surface area contributed by atoms with E-state index in [1.807, 2.05) is 0 Å². The van der Waals surface area contributed by atoms with Crippen molar-refractivity contribution in [3.05, 3.63) is 12.2 Å². The van der Waals surface area contributed by atoms with Gasteiger partial charge in [0.1, 0.15) is 12.2 Å². The molecule has 0 rings (SSSR count). The molecule has 42 heavy (non-hydrogen) atoms. The largest absolute Gasteiger partial charge is 0.472 e. The molecule has 3 N–H and O–H groups in total. The Morgan fingerprint density at radius 3 is 1.81 bits per heavy atom. The molecule has 0 amide bonds. The lowest BCUT2D eigenvalue weighted by molar-refractivity contribution is -0.154. The first-order valence-electron chi connectivity index (χ1n) is 16.7. The van der Waals surface area contributed by atoms with Crippen molar-refractivity contribution < 1.29 is 43.0 Å². The topological polar surface area (TPSA) is 132 Å². The Morgan fingerprint density at radius 1 is 0.714 bits per heavy atom. The zero-order chi connectivity index (χ0) is 31.2. The molecule has 0 aromatic carbocycles. The van der Waals surface area contributed by atoms with Crippen LogP contribution in [-0.2, 0) is 27.9 Å². The molecule has 0 aliphatic heterocycles. The van der Waals surface area contributed by atoms with Gasteiger partial charge < -0.3 is 24.6 Å². The third kappa shape index (κ3) is 29.3. The number of ether oxygens (including phenoxy) is 2. The Labute approximate surface area is 256 Å². The van der Waals surface area contributed by atoms with E-state index in [1.165, 1.54) is 64.2 Å². The third-order valence-electron chi connectivity index (χ3n) is 6.95. The molecule has 0 aromatic heterocycles. The van der Waals surface area contributed by atoms with Gasteiger partial charge in [-0.1, -0.05) is 109 Å². The molecule has 0 aromatic rings. The summed E-state index contributed by atoms with van der Waals surface area (Å²) in [7, 11) is -4.50. The Morgan fingerprint density at radius 2 is 1.21 bits per heavy atom. The first kappa shape index (κ1) is 41.2. The lowest BCUT2D eigenvalue weighted by Crippen LogP contribution is -2.29. The Balaban J connectivity index is 4.28. The third-order valence-corrected chi connectivity index (χ3v) is 7.90. The maximum Gasteiger partial charge on any atom is 0.472 e. The standard InChI is InChI=1S/C32H63O9P/c1-3-5-7-9-11-13-14-15-16-17-18-20-22-24-32(35)41-31(29-40-42(36,37)39-27-30(34)26-33)28-38-25-23-21-19-12-10-8-6-4-2/h13-14,30-31,33-34H,3-12,15-29H2,1-2H3,(H,36,37)/b14-13-. The van der Waals surface area contributed by atoms with Gasteiger partial charge in [0.05, 0.1) is 26.4 Å². The minimum absolute atomic E-state index is 0.0492. The number of carbonyl (C=O) groups excluding carboxylic acids is 1. The van der Waals surface area contributed by atoms with Gasteiger partial charge in [-0.25, -0.2) is 4.57 Å². The number of aliphatic hydroxyl groups excluding tert-OH is 2. The van der Waals surface area contributed by atoms with Crippen molar-refractivity contribution >= 4 is 13.8 Å². The number of hydrogen-bond donors (Lipinski definition) is 3. The molecule has 0 fully saturated rings. The lowest BCUT2D eigenvalue weighted by Gasteiger charge is -2.20. The average molecular weight is 623 g/mol. The molecule has 0 spiro atoms. The minimum Gasteiger partial charge on any atom is -0.457 e. The average Bonchev–Trinajstić information content (AvgIpc) is 2.97. The van der Waals surface area contributed by atoms with Crippen LogP contribution in [0, 0.1) is 0 Å². The van der Waals surface area contributed by atoms with Gasteiger partial charge in [-0.3, -0.25) is 13.8 Å². The molecular weight excluding hydrogens is 559 g/mol. The maximum absolute atomic E-state index is 12.4. The molecule has 3 atom stereocenters. The molecule has 0 heterocycles. The van der Waals surface area contributed by atoms with Gasteiger partial charge in [0.2, 0.25) is 0 Å². The van der Waals surface area contributed by atoms with E-state index in [2.05, 4.69) is 30.5 Å². The summed E-state index contributed by atoms with van der Waals surface area (Å²) < 4.78 is 33.0. The highest BCUT2D eigenvalue weighted by molar-refractivity contribution is 7.47. The fourth-order valence-corrected chi connectivity index (χ4v) is 5.14. The fourth-order valence-electron chi connectivity index (χ4n) is 4.35. The summed E-state index contributed by atoms with van der Waals surface area (Å²) in [6, 6.07) is 0. The molecular formula is C32H63O9P. The number of esters is 1. The van der Waals surface area contributed by atoms with E-state index in [0.717, 1.165) is 57.8 Å². The smallest absolute Gasteiger partial charge is 0.457 e. The van der Waals surface area contributed by atoms with Gasteiger partial charge in [0.15, 0.2) is 0 Å². The van der Waals surface area contributed by atoms with E-state index < -0.39 is 39.2 Å². The number of aliphatic hydroxyl groups is 2. The molecule has 0 saturated carbocycles. The Bertz CT molecular complexity index is 674. The van der Waals surface area contributed by atoms with Gasteiger partial charge in [0, 0.05) is 13.0 Å². The van der Waals surface area contributed by atoms with Gasteiger partial charge >= 0.3 is 13.8 Å². The normalized spacial score (nSPS) is 14.7. The maximum atomic E-state index is 12.4. The van der Waals surface area contributed by atoms with Crippen molar-refractivity contribution in [2.24, 2.45) is 0 Å². The second kappa shape index (κ2) is 30.2. The van der Waals surface area contributed by atoms with Crippen molar-refractivity contribution in [2.45, 2.75) is 154 Å². The van der Waals surface area contributed by atoms with Crippen LogP contribution in [-0.4, -0.2) is 66.3 Å². The van der Waals surface area contributed by atoms with Crippen molar-refractivity contribution in [3.8, 4) is 0 Å². The molecule has 0 radical (unpaired) electrons. The van der Waals surface area contributed by atoms with Gasteiger partial charge in [-0.05, 0) is 38.5 Å². The van der Waals surface area contributed by atoms with Crippen LogP contribution in [0.3, 0.4) is 0 Å². The lowest BCUT2D eigenvalue weighted by atomic mass is 10.1. The van der Waals surface area contributed by atoms with Crippen molar-refractivity contribution in [3.63, 3.8) is 0 Å². The second-order valence-electron chi connectivity index (χ2n) is 11.2. The van der Waals surface area contributed by atoms with Crippen molar-refractivity contribution in [1.29, 1.82) is 0 Å². The van der Waals surface area contributed by atoms with Crippen LogP contribution in [0.25, 0.3) is 0 Å². The highest BCUT2D eigenvalue weighted by Gasteiger charge is 2.26. The quantitative estimate of drug-likeness (QED) is 0.0297. The van der Waals surface area contributed by atoms with Crippen LogP contribution in [0.1, 0.15) is 142 Å². The summed E-state index contributed by atoms with van der Waals surface area (Å²) in [5.74, 6) is -0.394. The predicted molar refractivity (Wildman–Crippen MR) is 168 cm³/mol. The zero-order valence-corrected chi connectivity index (χ0v) is 27.6. The van der Waals surface area contributed by atoms with Crippen molar-refractivity contribution in [2.75, 3.05) is 33.0 Å². The first-order chi connectivity index (χ1) is 20.3. The zero-order valence-electron chi connectivity index (χ0n) is 26.7. The Hall–Kier alpha value is -0.800. The van der Waals surface area contributed by atoms with Gasteiger partial charge in [-0.15, -0.1) is 0 Å². The molecule has 0 aliphatic rings. The molecule has 0 bridgehead atoms. The number of phosphoric acid groups is 1. The van der Waals surface area contributed by atoms with E-state index in [1.54, 1.807) is 0 Å². The number of unbranched alkanes of at least 4 members (excludes halogenated alkanes) is 16. The first-order valence-corrected chi connectivity index (χ1v) is 18.2. The molecule has 9 nitrogen and oxygen atoms in total. The number of carbonyl (C=O) groups is 1. The van der Waals surface area contributed by atoms with E-state index in [0.29, 0.717) is 6.61 Å². The van der Waals surface area contributed by atoms with Crippen LogP contribution < -0.4 is 0 Å². The summed E-state index contributed by atoms with van der Waals surface area (Å²) in [6.07, 6.45) is 24.6. The highest BCUT2D eigenvalue weighted by Crippen LogP contribution is 2.43. The van der Waals surface area contributed by atoms with Crippen LogP contribution in [0.4, 0.5) is 0 Å². The molecule has 3 unspecified atom stereocenters. The van der Waals surface area contributed by atoms with E-state index in [-0.39, 0.29) is 19.6 Å². The minimum atomic E-state index is -4.50. The SMILES string of the molecule is CCCCCC/C=C\CCCCCCCC(=O)OC(COCCCCCCCCCC)COP(=O)(O)OCC(O)CO.